The van der Waals surface area contributed by atoms with Crippen LogP contribution in [-0.4, -0.2) is 16.0 Å². The number of hydrogen-bond acceptors (Lipinski definition) is 3. The standard InChI is InChI=1S/C20H23NO4/c1-13(7-6-8-14(2)11-19(22)23)9-10-18-15(3)12-16(4)20(17(18)5)21(24)25/h6-12H,1-5H3,(H,22,23)/b8-6+,10-9+,13-7+,14-11+. The normalized spacial score (nSPS) is 13.0. The number of hydrogen-bond donors (Lipinski definition) is 1. The van der Waals surface area contributed by atoms with Gasteiger partial charge in [0.15, 0.2) is 0 Å². The Morgan fingerprint density at radius 3 is 2.32 bits per heavy atom. The summed E-state index contributed by atoms with van der Waals surface area (Å²) < 4.78 is 0. The number of aliphatic carboxylic acids is 1. The van der Waals surface area contributed by atoms with Gasteiger partial charge in [0.05, 0.1) is 4.92 Å². The van der Waals surface area contributed by atoms with Crippen molar-refractivity contribution in [3.8, 4) is 0 Å². The summed E-state index contributed by atoms with van der Waals surface area (Å²) in [5.41, 5.74) is 4.88. The van der Waals surface area contributed by atoms with Crippen LogP contribution in [0, 0.1) is 30.9 Å². The second kappa shape index (κ2) is 8.78. The molecule has 0 amide bonds. The van der Waals surface area contributed by atoms with Crippen molar-refractivity contribution in [3.05, 3.63) is 80.0 Å². The lowest BCUT2D eigenvalue weighted by molar-refractivity contribution is -0.386. The van der Waals surface area contributed by atoms with Crippen LogP contribution in [0.2, 0.25) is 0 Å². The number of nitro benzene ring substituents is 1. The second-order valence-corrected chi connectivity index (χ2v) is 5.98. The molecule has 1 aromatic carbocycles. The molecule has 0 spiro atoms. The zero-order valence-corrected chi connectivity index (χ0v) is 15.2. The van der Waals surface area contributed by atoms with E-state index in [0.717, 1.165) is 22.8 Å². The molecule has 5 nitrogen and oxygen atoms in total. The lowest BCUT2D eigenvalue weighted by Crippen LogP contribution is -1.99. The summed E-state index contributed by atoms with van der Waals surface area (Å²) in [5, 5.41) is 19.9. The van der Waals surface area contributed by atoms with Crippen molar-refractivity contribution in [2.75, 3.05) is 0 Å². The number of carboxylic acid groups (broad SMARTS) is 1. The average molecular weight is 341 g/mol. The molecule has 0 aliphatic carbocycles. The summed E-state index contributed by atoms with van der Waals surface area (Å²) in [4.78, 5) is 21.4. The van der Waals surface area contributed by atoms with Gasteiger partial charge >= 0.3 is 5.97 Å². The quantitative estimate of drug-likeness (QED) is 0.339. The second-order valence-electron chi connectivity index (χ2n) is 5.98. The number of nitro groups is 1. The Bertz CT molecular complexity index is 811. The lowest BCUT2D eigenvalue weighted by atomic mass is 9.96. The first-order chi connectivity index (χ1) is 11.6. The fourth-order valence-corrected chi connectivity index (χ4v) is 2.59. The van der Waals surface area contributed by atoms with Gasteiger partial charge in [-0.25, -0.2) is 4.79 Å². The molecule has 0 radical (unpaired) electrons. The number of carbonyl (C=O) groups is 1. The van der Waals surface area contributed by atoms with E-state index in [1.165, 1.54) is 0 Å². The van der Waals surface area contributed by atoms with E-state index in [1.54, 1.807) is 32.9 Å². The van der Waals surface area contributed by atoms with E-state index in [2.05, 4.69) is 0 Å². The number of benzene rings is 1. The van der Waals surface area contributed by atoms with Crippen molar-refractivity contribution >= 4 is 17.7 Å². The largest absolute Gasteiger partial charge is 0.478 e. The number of nitrogens with zero attached hydrogens (tertiary/aromatic N) is 1. The van der Waals surface area contributed by atoms with Gasteiger partial charge in [-0.15, -0.1) is 0 Å². The Morgan fingerprint density at radius 1 is 1.12 bits per heavy atom. The van der Waals surface area contributed by atoms with Crippen molar-refractivity contribution in [1.29, 1.82) is 0 Å². The van der Waals surface area contributed by atoms with E-state index in [-0.39, 0.29) is 10.6 Å². The van der Waals surface area contributed by atoms with Crippen molar-refractivity contribution < 1.29 is 14.8 Å². The molecule has 0 unspecified atom stereocenters. The van der Waals surface area contributed by atoms with Crippen molar-refractivity contribution in [1.82, 2.24) is 0 Å². The highest BCUT2D eigenvalue weighted by Crippen LogP contribution is 2.29. The Kier molecular flexibility index (Phi) is 7.06. The van der Waals surface area contributed by atoms with E-state index in [0.29, 0.717) is 16.7 Å². The Labute approximate surface area is 147 Å². The van der Waals surface area contributed by atoms with Crippen molar-refractivity contribution in [3.63, 3.8) is 0 Å². The molecular weight excluding hydrogens is 318 g/mol. The molecule has 5 heteroatoms. The van der Waals surface area contributed by atoms with Gasteiger partial charge in [0.2, 0.25) is 0 Å². The third-order valence-electron chi connectivity index (χ3n) is 3.76. The molecule has 0 atom stereocenters. The van der Waals surface area contributed by atoms with Gasteiger partial charge in [-0.2, -0.15) is 0 Å². The molecule has 0 aliphatic heterocycles. The van der Waals surface area contributed by atoms with Crippen molar-refractivity contribution in [2.24, 2.45) is 0 Å². The van der Waals surface area contributed by atoms with Crippen LogP contribution in [0.15, 0.2) is 47.6 Å². The molecule has 0 aromatic heterocycles. The molecule has 1 N–H and O–H groups in total. The first-order valence-electron chi connectivity index (χ1n) is 7.83. The first kappa shape index (κ1) is 20.1. The molecule has 0 heterocycles. The highest BCUT2D eigenvalue weighted by atomic mass is 16.6. The van der Waals surface area contributed by atoms with E-state index >= 15 is 0 Å². The topological polar surface area (TPSA) is 80.4 Å². The van der Waals surface area contributed by atoms with Crippen LogP contribution in [0.3, 0.4) is 0 Å². The van der Waals surface area contributed by atoms with Gasteiger partial charge in [-0.1, -0.05) is 36.0 Å². The van der Waals surface area contributed by atoms with E-state index in [4.69, 9.17) is 5.11 Å². The van der Waals surface area contributed by atoms with E-state index in [9.17, 15) is 14.9 Å². The average Bonchev–Trinajstić information content (AvgIpc) is 2.45. The predicted molar refractivity (Wildman–Crippen MR) is 101 cm³/mol. The SMILES string of the molecule is CC(/C=C/c1c(C)cc(C)c([N+](=O)[O-])c1C)=C\C=C\C(C)=C\C(=O)O. The van der Waals surface area contributed by atoms with Crippen LogP contribution in [0.4, 0.5) is 5.69 Å². The molecule has 1 rings (SSSR count). The maximum Gasteiger partial charge on any atom is 0.328 e. The number of rotatable bonds is 6. The summed E-state index contributed by atoms with van der Waals surface area (Å²) in [5.74, 6) is -0.977. The Balaban J connectivity index is 3.08. The molecule has 0 saturated heterocycles. The maximum atomic E-state index is 11.2. The fraction of sp³-hybridized carbons (Fsp3) is 0.250. The lowest BCUT2D eigenvalue weighted by Gasteiger charge is -2.09. The van der Waals surface area contributed by atoms with Gasteiger partial charge in [-0.05, 0) is 57.4 Å². The summed E-state index contributed by atoms with van der Waals surface area (Å²) >= 11 is 0. The highest BCUT2D eigenvalue weighted by molar-refractivity contribution is 5.81. The summed E-state index contributed by atoms with van der Waals surface area (Å²) in [6.07, 6.45) is 10.2. The fourth-order valence-electron chi connectivity index (χ4n) is 2.59. The minimum atomic E-state index is -0.977. The molecule has 0 saturated carbocycles. The van der Waals surface area contributed by atoms with Crippen LogP contribution in [0.5, 0.6) is 0 Å². The number of allylic oxidation sites excluding steroid dienone is 6. The monoisotopic (exact) mass is 341 g/mol. The van der Waals surface area contributed by atoms with Gasteiger partial charge in [0, 0.05) is 17.2 Å². The van der Waals surface area contributed by atoms with Gasteiger partial charge in [-0.3, -0.25) is 10.1 Å². The van der Waals surface area contributed by atoms with Gasteiger partial charge in [0.25, 0.3) is 5.69 Å². The predicted octanol–water partition coefficient (Wildman–Crippen LogP) is 5.07. The zero-order chi connectivity index (χ0) is 19.1. The minimum absolute atomic E-state index is 0.154. The highest BCUT2D eigenvalue weighted by Gasteiger charge is 2.18. The zero-order valence-electron chi connectivity index (χ0n) is 15.2. The molecule has 0 bridgehead atoms. The maximum absolute atomic E-state index is 11.2. The molecule has 0 aliphatic rings. The van der Waals surface area contributed by atoms with E-state index in [1.807, 2.05) is 38.1 Å². The molecule has 132 valence electrons. The molecule has 0 fully saturated rings. The van der Waals surface area contributed by atoms with Crippen LogP contribution in [0.1, 0.15) is 36.1 Å². The first-order valence-corrected chi connectivity index (χ1v) is 7.83. The smallest absolute Gasteiger partial charge is 0.328 e. The van der Waals surface area contributed by atoms with Crippen LogP contribution in [-0.2, 0) is 4.79 Å². The van der Waals surface area contributed by atoms with E-state index < -0.39 is 5.97 Å². The molecule has 25 heavy (non-hydrogen) atoms. The Hall–Kier alpha value is -2.95. The Morgan fingerprint density at radius 2 is 1.76 bits per heavy atom. The summed E-state index contributed by atoms with van der Waals surface area (Å²) in [7, 11) is 0. The summed E-state index contributed by atoms with van der Waals surface area (Å²) in [6, 6.07) is 1.82. The number of aryl methyl sites for hydroxylation is 2. The van der Waals surface area contributed by atoms with Gasteiger partial charge in [0.1, 0.15) is 0 Å². The molecular formula is C20H23NO4. The third kappa shape index (κ3) is 5.88. The van der Waals surface area contributed by atoms with Crippen molar-refractivity contribution in [2.45, 2.75) is 34.6 Å². The molecule has 1 aromatic rings. The van der Waals surface area contributed by atoms with Crippen LogP contribution in [0.25, 0.3) is 6.08 Å². The third-order valence-corrected chi connectivity index (χ3v) is 3.76. The van der Waals surface area contributed by atoms with Crippen LogP contribution < -0.4 is 0 Å². The number of carboxylic acids is 1. The minimum Gasteiger partial charge on any atom is -0.478 e. The summed E-state index contributed by atoms with van der Waals surface area (Å²) in [6.45, 7) is 9.06. The van der Waals surface area contributed by atoms with Crippen LogP contribution >= 0.6 is 0 Å². The van der Waals surface area contributed by atoms with Gasteiger partial charge < -0.3 is 5.11 Å².